The van der Waals surface area contributed by atoms with Crippen molar-refractivity contribution in [2.75, 3.05) is 6.16 Å². The Balaban J connectivity index is 2.05. The maximum Gasteiger partial charge on any atom is 0.116 e. The highest BCUT2D eigenvalue weighted by Gasteiger charge is 2.43. The highest BCUT2D eigenvalue weighted by Crippen LogP contribution is 2.55. The summed E-state index contributed by atoms with van der Waals surface area (Å²) in [6, 6.07) is 32.7. The molecule has 29 heavy (non-hydrogen) atoms. The van der Waals surface area contributed by atoms with Crippen LogP contribution in [0.3, 0.4) is 0 Å². The van der Waals surface area contributed by atoms with E-state index in [1.54, 1.807) is 0 Å². The van der Waals surface area contributed by atoms with Crippen LogP contribution in [0.2, 0.25) is 0 Å². The molecule has 0 N–H and O–H groups in total. The quantitative estimate of drug-likeness (QED) is 0.392. The topological polar surface area (TPSA) is 0 Å². The van der Waals surface area contributed by atoms with Gasteiger partial charge in [-0.3, -0.25) is 0 Å². The Morgan fingerprint density at radius 1 is 0.690 bits per heavy atom. The molecule has 0 saturated carbocycles. The lowest BCUT2D eigenvalue weighted by atomic mass is 10.3. The normalized spacial score (nSPS) is 10.7. The molecular formula is C28H26P+. The molecule has 0 unspecified atom stereocenters. The summed E-state index contributed by atoms with van der Waals surface area (Å²) in [6.07, 6.45) is 7.09. The number of allylic oxidation sites excluding steroid dienone is 2. The summed E-state index contributed by atoms with van der Waals surface area (Å²) in [4.78, 5) is 0. The van der Waals surface area contributed by atoms with Gasteiger partial charge in [0.2, 0.25) is 0 Å². The zero-order valence-corrected chi connectivity index (χ0v) is 17.8. The Morgan fingerprint density at radius 3 is 1.62 bits per heavy atom. The highest BCUT2D eigenvalue weighted by molar-refractivity contribution is 7.95. The maximum absolute atomic E-state index is 3.08. The SMILES string of the molecule is CCCC#CC#C/C=C/C[P+](c1ccccc1)(c1ccccc1)c1ccccc1. The monoisotopic (exact) mass is 393 g/mol. The van der Waals surface area contributed by atoms with Crippen LogP contribution < -0.4 is 15.9 Å². The fourth-order valence-electron chi connectivity index (χ4n) is 3.39. The second-order valence-corrected chi connectivity index (χ2v) is 10.3. The Labute approximate surface area is 176 Å². The van der Waals surface area contributed by atoms with E-state index in [9.17, 15) is 0 Å². The van der Waals surface area contributed by atoms with Gasteiger partial charge >= 0.3 is 0 Å². The smallest absolute Gasteiger partial charge is 0.0891 e. The largest absolute Gasteiger partial charge is 0.116 e. The minimum atomic E-state index is -1.81. The van der Waals surface area contributed by atoms with Crippen LogP contribution in [0.15, 0.2) is 103 Å². The average molecular weight is 393 g/mol. The van der Waals surface area contributed by atoms with E-state index in [1.165, 1.54) is 15.9 Å². The highest BCUT2D eigenvalue weighted by atomic mass is 31.2. The van der Waals surface area contributed by atoms with Crippen LogP contribution in [0.5, 0.6) is 0 Å². The lowest BCUT2D eigenvalue weighted by molar-refractivity contribution is 0.983. The van der Waals surface area contributed by atoms with Gasteiger partial charge in [-0.05, 0) is 66.8 Å². The first-order valence-corrected chi connectivity index (χ1v) is 12.0. The van der Waals surface area contributed by atoms with Crippen molar-refractivity contribution >= 4 is 23.2 Å². The lowest BCUT2D eigenvalue weighted by Crippen LogP contribution is -2.32. The summed E-state index contributed by atoms with van der Waals surface area (Å²) < 4.78 is 0. The molecule has 3 rings (SSSR count). The van der Waals surface area contributed by atoms with Crippen molar-refractivity contribution in [3.63, 3.8) is 0 Å². The number of hydrogen-bond acceptors (Lipinski definition) is 0. The van der Waals surface area contributed by atoms with Crippen LogP contribution in [0, 0.1) is 23.7 Å². The summed E-state index contributed by atoms with van der Waals surface area (Å²) in [6.45, 7) is 2.13. The van der Waals surface area contributed by atoms with Gasteiger partial charge in [-0.1, -0.05) is 73.4 Å². The molecule has 0 heterocycles. The third-order valence-electron chi connectivity index (χ3n) is 4.77. The molecule has 0 aliphatic rings. The Bertz CT molecular complexity index is 930. The molecule has 0 aliphatic heterocycles. The van der Waals surface area contributed by atoms with E-state index in [0.717, 1.165) is 19.0 Å². The van der Waals surface area contributed by atoms with Crippen molar-refractivity contribution in [1.29, 1.82) is 0 Å². The van der Waals surface area contributed by atoms with Crippen molar-refractivity contribution < 1.29 is 0 Å². The van der Waals surface area contributed by atoms with E-state index < -0.39 is 7.26 Å². The summed E-state index contributed by atoms with van der Waals surface area (Å²) in [5, 5.41) is 4.16. The van der Waals surface area contributed by atoms with Gasteiger partial charge in [0.05, 0.1) is 6.16 Å². The van der Waals surface area contributed by atoms with E-state index in [-0.39, 0.29) is 0 Å². The van der Waals surface area contributed by atoms with Crippen LogP contribution >= 0.6 is 7.26 Å². The Kier molecular flexibility index (Phi) is 7.90. The summed E-state index contributed by atoms with van der Waals surface area (Å²) in [5.41, 5.74) is 0. The Hall–Kier alpha value is -3.05. The van der Waals surface area contributed by atoms with E-state index in [4.69, 9.17) is 0 Å². The minimum absolute atomic E-state index is 0.906. The summed E-state index contributed by atoms with van der Waals surface area (Å²) >= 11 is 0. The molecule has 3 aromatic carbocycles. The van der Waals surface area contributed by atoms with Crippen molar-refractivity contribution in [2.45, 2.75) is 19.8 Å². The molecule has 0 bridgehead atoms. The molecule has 0 spiro atoms. The van der Waals surface area contributed by atoms with Crippen molar-refractivity contribution in [2.24, 2.45) is 0 Å². The number of hydrogen-bond donors (Lipinski definition) is 0. The summed E-state index contributed by atoms with van der Waals surface area (Å²) in [5.74, 6) is 12.0. The van der Waals surface area contributed by atoms with Crippen LogP contribution in [-0.2, 0) is 0 Å². The predicted molar refractivity (Wildman–Crippen MR) is 130 cm³/mol. The second kappa shape index (κ2) is 11.1. The van der Waals surface area contributed by atoms with Gasteiger partial charge in [0, 0.05) is 6.42 Å². The van der Waals surface area contributed by atoms with Crippen molar-refractivity contribution in [1.82, 2.24) is 0 Å². The first kappa shape index (κ1) is 20.7. The van der Waals surface area contributed by atoms with E-state index in [0.29, 0.717) is 0 Å². The first-order valence-electron chi connectivity index (χ1n) is 10.1. The molecule has 0 fully saturated rings. The van der Waals surface area contributed by atoms with E-state index >= 15 is 0 Å². The molecule has 1 heteroatoms. The summed E-state index contributed by atoms with van der Waals surface area (Å²) in [7, 11) is -1.81. The fourth-order valence-corrected chi connectivity index (χ4v) is 7.38. The molecule has 0 saturated heterocycles. The third kappa shape index (κ3) is 5.27. The van der Waals surface area contributed by atoms with Crippen LogP contribution in [0.1, 0.15) is 19.8 Å². The van der Waals surface area contributed by atoms with Gasteiger partial charge in [-0.15, -0.1) is 0 Å². The average Bonchev–Trinajstić information content (AvgIpc) is 2.80. The van der Waals surface area contributed by atoms with Gasteiger partial charge in [0.15, 0.2) is 0 Å². The minimum Gasteiger partial charge on any atom is -0.0891 e. The molecule has 0 aliphatic carbocycles. The first-order chi connectivity index (χ1) is 14.4. The van der Waals surface area contributed by atoms with Gasteiger partial charge in [-0.25, -0.2) is 0 Å². The predicted octanol–water partition coefficient (Wildman–Crippen LogP) is 5.34. The molecule has 0 nitrogen and oxygen atoms in total. The van der Waals surface area contributed by atoms with Crippen molar-refractivity contribution in [3.8, 4) is 23.7 Å². The standard InChI is InChI=1S/C28H26P/c1-2-3-4-5-6-7-8-18-25-29(26-19-12-9-13-20-26,27-21-14-10-15-22-27)28-23-16-11-17-24-28/h8-24H,2-3,25H2,1H3/q+1/b18-8+. The van der Waals surface area contributed by atoms with E-state index in [2.05, 4.69) is 128 Å². The lowest BCUT2D eigenvalue weighted by Gasteiger charge is -2.26. The second-order valence-electron chi connectivity index (χ2n) is 6.72. The number of rotatable bonds is 6. The zero-order chi connectivity index (χ0) is 20.2. The number of benzene rings is 3. The van der Waals surface area contributed by atoms with E-state index in [1.807, 2.05) is 6.08 Å². The van der Waals surface area contributed by atoms with Gasteiger partial charge < -0.3 is 0 Å². The van der Waals surface area contributed by atoms with Crippen LogP contribution in [0.25, 0.3) is 0 Å². The van der Waals surface area contributed by atoms with Gasteiger partial charge in [0.25, 0.3) is 0 Å². The zero-order valence-electron chi connectivity index (χ0n) is 16.9. The third-order valence-corrected chi connectivity index (χ3v) is 9.07. The van der Waals surface area contributed by atoms with Gasteiger partial charge in [0.1, 0.15) is 23.2 Å². The molecule has 0 atom stereocenters. The van der Waals surface area contributed by atoms with Crippen LogP contribution in [0.4, 0.5) is 0 Å². The molecule has 142 valence electrons. The van der Waals surface area contributed by atoms with Crippen molar-refractivity contribution in [3.05, 3.63) is 103 Å². The Morgan fingerprint density at radius 2 is 1.17 bits per heavy atom. The fraction of sp³-hybridized carbons (Fsp3) is 0.143. The molecular weight excluding hydrogens is 367 g/mol. The van der Waals surface area contributed by atoms with Gasteiger partial charge in [-0.2, -0.15) is 0 Å². The number of unbranched alkanes of at least 4 members (excludes halogenated alkanes) is 1. The molecule has 0 radical (unpaired) electrons. The molecule has 0 aromatic heterocycles. The molecule has 3 aromatic rings. The van der Waals surface area contributed by atoms with Crippen LogP contribution in [-0.4, -0.2) is 6.16 Å². The molecule has 0 amide bonds. The maximum atomic E-state index is 3.08.